The Morgan fingerprint density at radius 1 is 1.00 bits per heavy atom. The quantitative estimate of drug-likeness (QED) is 0.217. The van der Waals surface area contributed by atoms with E-state index in [1.54, 1.807) is 18.3 Å². The third-order valence-electron chi connectivity index (χ3n) is 6.19. The van der Waals surface area contributed by atoms with E-state index >= 15 is 0 Å². The summed E-state index contributed by atoms with van der Waals surface area (Å²) in [5.41, 5.74) is 2.83. The van der Waals surface area contributed by atoms with E-state index < -0.39 is 0 Å². The molecule has 0 fully saturated rings. The number of benzene rings is 2. The van der Waals surface area contributed by atoms with Crippen LogP contribution in [0.5, 0.6) is 11.5 Å². The lowest BCUT2D eigenvalue weighted by molar-refractivity contribution is 0.0929. The van der Waals surface area contributed by atoms with E-state index in [1.807, 2.05) is 49.5 Å². The Labute approximate surface area is 213 Å². The van der Waals surface area contributed by atoms with Crippen LogP contribution in [-0.4, -0.2) is 34.4 Å². The maximum Gasteiger partial charge on any atom is 0.251 e. The molecule has 6 nitrogen and oxygen atoms in total. The maximum absolute atomic E-state index is 12.8. The third kappa shape index (κ3) is 7.94. The number of rotatable bonds is 14. The number of ketones is 1. The molecule has 1 atom stereocenters. The zero-order valence-electron chi connectivity index (χ0n) is 21.2. The van der Waals surface area contributed by atoms with Crippen molar-refractivity contribution in [2.75, 3.05) is 6.61 Å². The summed E-state index contributed by atoms with van der Waals surface area (Å²) in [5.74, 6) is 0.392. The molecule has 0 saturated heterocycles. The molecule has 3 aromatic rings. The highest BCUT2D eigenvalue weighted by Crippen LogP contribution is 2.33. The highest BCUT2D eigenvalue weighted by Gasteiger charge is 2.17. The number of amides is 1. The topological polar surface area (TPSA) is 88.5 Å². The van der Waals surface area contributed by atoms with Gasteiger partial charge in [-0.15, -0.1) is 0 Å². The summed E-state index contributed by atoms with van der Waals surface area (Å²) >= 11 is 0. The lowest BCUT2D eigenvalue weighted by atomic mass is 10.0. The molecule has 0 bridgehead atoms. The van der Waals surface area contributed by atoms with Crippen LogP contribution >= 0.6 is 0 Å². The van der Waals surface area contributed by atoms with Gasteiger partial charge < -0.3 is 15.2 Å². The van der Waals surface area contributed by atoms with Crippen LogP contribution in [0.2, 0.25) is 0 Å². The van der Waals surface area contributed by atoms with Gasteiger partial charge in [-0.2, -0.15) is 0 Å². The number of ether oxygens (including phenoxy) is 1. The fourth-order valence-electron chi connectivity index (χ4n) is 4.29. The third-order valence-corrected chi connectivity index (χ3v) is 6.19. The van der Waals surface area contributed by atoms with Crippen LogP contribution in [0.3, 0.4) is 0 Å². The van der Waals surface area contributed by atoms with Crippen LogP contribution in [0.1, 0.15) is 77.8 Å². The van der Waals surface area contributed by atoms with E-state index in [9.17, 15) is 14.7 Å². The fraction of sp³-hybridized carbons (Fsp3) is 0.367. The van der Waals surface area contributed by atoms with Crippen LogP contribution in [0.15, 0.2) is 67.0 Å². The fourth-order valence-corrected chi connectivity index (χ4v) is 4.29. The Kier molecular flexibility index (Phi) is 10.5. The molecule has 190 valence electrons. The van der Waals surface area contributed by atoms with Gasteiger partial charge in [-0.25, -0.2) is 0 Å². The predicted molar refractivity (Wildman–Crippen MR) is 142 cm³/mol. The number of carbonyl (C=O) groups is 2. The number of aryl methyl sites for hydroxylation is 1. The average Bonchev–Trinajstić information content (AvgIpc) is 2.89. The molecule has 0 saturated carbocycles. The standard InChI is InChI=1S/C30H36N2O4/c1-3-10-27-28(18-17-26(22(2)33)29(27)34)36-20-9-16-25(15-7-11-23-12-8-19-31-21-23)32-30(35)24-13-5-4-6-14-24/h4-6,8,12-14,17-19,21,25,34H,3,7,9-11,15-16,20H2,1-2H3,(H,32,35). The number of carbonyl (C=O) groups excluding carboxylic acids is 2. The van der Waals surface area contributed by atoms with E-state index in [0.717, 1.165) is 38.5 Å². The Morgan fingerprint density at radius 2 is 1.78 bits per heavy atom. The van der Waals surface area contributed by atoms with Gasteiger partial charge in [0.25, 0.3) is 5.91 Å². The number of nitrogens with zero attached hydrogens (tertiary/aromatic N) is 1. The summed E-state index contributed by atoms with van der Waals surface area (Å²) in [6, 6.07) is 16.7. The first-order chi connectivity index (χ1) is 17.5. The summed E-state index contributed by atoms with van der Waals surface area (Å²) in [5, 5.41) is 13.8. The van der Waals surface area contributed by atoms with Gasteiger partial charge in [0.2, 0.25) is 0 Å². The van der Waals surface area contributed by atoms with Crippen molar-refractivity contribution in [3.8, 4) is 11.5 Å². The van der Waals surface area contributed by atoms with E-state index in [4.69, 9.17) is 4.74 Å². The molecule has 1 heterocycles. The van der Waals surface area contributed by atoms with Crippen molar-refractivity contribution in [1.82, 2.24) is 10.3 Å². The molecule has 2 aromatic carbocycles. The predicted octanol–water partition coefficient (Wildman–Crippen LogP) is 5.92. The minimum Gasteiger partial charge on any atom is -0.507 e. The van der Waals surface area contributed by atoms with E-state index in [0.29, 0.717) is 35.5 Å². The second-order valence-electron chi connectivity index (χ2n) is 9.03. The highest BCUT2D eigenvalue weighted by molar-refractivity contribution is 5.97. The van der Waals surface area contributed by atoms with Crippen molar-refractivity contribution in [3.63, 3.8) is 0 Å². The van der Waals surface area contributed by atoms with Crippen molar-refractivity contribution in [1.29, 1.82) is 0 Å². The van der Waals surface area contributed by atoms with Crippen molar-refractivity contribution in [3.05, 3.63) is 89.2 Å². The summed E-state index contributed by atoms with van der Waals surface area (Å²) < 4.78 is 6.03. The highest BCUT2D eigenvalue weighted by atomic mass is 16.5. The molecule has 0 aliphatic heterocycles. The molecule has 1 aromatic heterocycles. The first kappa shape index (κ1) is 26.9. The zero-order chi connectivity index (χ0) is 25.8. The number of phenolic OH excluding ortho intramolecular Hbond substituents is 1. The van der Waals surface area contributed by atoms with Gasteiger partial charge in [0.15, 0.2) is 5.78 Å². The molecule has 36 heavy (non-hydrogen) atoms. The summed E-state index contributed by atoms with van der Waals surface area (Å²) in [4.78, 5) is 28.8. The van der Waals surface area contributed by atoms with Gasteiger partial charge in [0.1, 0.15) is 11.5 Å². The Balaban J connectivity index is 1.59. The van der Waals surface area contributed by atoms with E-state index in [2.05, 4.69) is 16.4 Å². The molecular weight excluding hydrogens is 452 g/mol. The second-order valence-corrected chi connectivity index (χ2v) is 9.03. The lowest BCUT2D eigenvalue weighted by Gasteiger charge is -2.20. The SMILES string of the molecule is CCCc1c(OCCCC(CCCc2cccnc2)NC(=O)c2ccccc2)ccc(C(C)=O)c1O. The van der Waals surface area contributed by atoms with E-state index in [-0.39, 0.29) is 23.5 Å². The smallest absolute Gasteiger partial charge is 0.251 e. The largest absolute Gasteiger partial charge is 0.507 e. The number of hydrogen-bond donors (Lipinski definition) is 2. The first-order valence-corrected chi connectivity index (χ1v) is 12.7. The van der Waals surface area contributed by atoms with Gasteiger partial charge in [0.05, 0.1) is 12.2 Å². The summed E-state index contributed by atoms with van der Waals surface area (Å²) in [7, 11) is 0. The zero-order valence-corrected chi connectivity index (χ0v) is 21.2. The van der Waals surface area contributed by atoms with Crippen molar-refractivity contribution in [2.45, 2.75) is 64.8 Å². The number of hydrogen-bond acceptors (Lipinski definition) is 5. The van der Waals surface area contributed by atoms with Gasteiger partial charge in [-0.05, 0) is 81.3 Å². The van der Waals surface area contributed by atoms with Gasteiger partial charge >= 0.3 is 0 Å². The molecule has 2 N–H and O–H groups in total. The van der Waals surface area contributed by atoms with Gasteiger partial charge in [0, 0.05) is 29.6 Å². The molecule has 0 aliphatic rings. The Hall–Kier alpha value is -3.67. The van der Waals surface area contributed by atoms with Gasteiger partial charge in [-0.1, -0.05) is 37.6 Å². The monoisotopic (exact) mass is 488 g/mol. The van der Waals surface area contributed by atoms with Crippen molar-refractivity contribution in [2.24, 2.45) is 0 Å². The molecule has 0 spiro atoms. The minimum absolute atomic E-state index is 0.0154. The van der Waals surface area contributed by atoms with Crippen LogP contribution in [0.25, 0.3) is 0 Å². The number of pyridine rings is 1. The second kappa shape index (κ2) is 14.0. The Bertz CT molecular complexity index is 1120. The number of Topliss-reactive ketones (excluding diaryl/α,β-unsaturated/α-hetero) is 1. The van der Waals surface area contributed by atoms with Crippen molar-refractivity contribution < 1.29 is 19.4 Å². The van der Waals surface area contributed by atoms with Crippen LogP contribution in [0, 0.1) is 0 Å². The normalized spacial score (nSPS) is 11.6. The number of aromatic nitrogens is 1. The van der Waals surface area contributed by atoms with Crippen LogP contribution in [0.4, 0.5) is 0 Å². The summed E-state index contributed by atoms with van der Waals surface area (Å²) in [6.07, 6.45) is 9.32. The van der Waals surface area contributed by atoms with E-state index in [1.165, 1.54) is 12.5 Å². The molecule has 0 aliphatic carbocycles. The maximum atomic E-state index is 12.8. The molecule has 1 amide bonds. The van der Waals surface area contributed by atoms with Crippen molar-refractivity contribution >= 4 is 11.7 Å². The molecule has 6 heteroatoms. The summed E-state index contributed by atoms with van der Waals surface area (Å²) in [6.45, 7) is 3.93. The van der Waals surface area contributed by atoms with Crippen LogP contribution < -0.4 is 10.1 Å². The average molecular weight is 489 g/mol. The number of aromatic hydroxyl groups is 1. The Morgan fingerprint density at radius 3 is 2.47 bits per heavy atom. The minimum atomic E-state index is -0.167. The molecule has 1 unspecified atom stereocenters. The lowest BCUT2D eigenvalue weighted by Crippen LogP contribution is -2.35. The number of nitrogens with one attached hydrogen (secondary N) is 1. The molecular formula is C30H36N2O4. The van der Waals surface area contributed by atoms with Crippen LogP contribution in [-0.2, 0) is 12.8 Å². The molecule has 0 radical (unpaired) electrons. The van der Waals surface area contributed by atoms with Gasteiger partial charge in [-0.3, -0.25) is 14.6 Å². The molecule has 3 rings (SSSR count). The first-order valence-electron chi connectivity index (χ1n) is 12.7. The number of phenols is 1.